The molecule has 150 valence electrons. The number of rotatable bonds is 5. The predicted molar refractivity (Wildman–Crippen MR) is 117 cm³/mol. The molecule has 2 aromatic heterocycles. The summed E-state index contributed by atoms with van der Waals surface area (Å²) in [6, 6.07) is 13.4. The Labute approximate surface area is 181 Å². The quantitative estimate of drug-likeness (QED) is 0.421. The second kappa shape index (κ2) is 9.09. The van der Waals surface area contributed by atoms with Crippen LogP contribution < -0.4 is 10.1 Å². The Balaban J connectivity index is 1.51. The molecule has 2 aromatic carbocycles. The van der Waals surface area contributed by atoms with Crippen LogP contribution in [0, 0.1) is 17.7 Å². The maximum Gasteiger partial charge on any atom is 0.151 e. The molecule has 30 heavy (non-hydrogen) atoms. The summed E-state index contributed by atoms with van der Waals surface area (Å²) in [5, 5.41) is 12.5. The number of anilines is 2. The molecule has 0 amide bonds. The molecule has 0 radical (unpaired) electrons. The molecule has 0 unspecified atom stereocenters. The van der Waals surface area contributed by atoms with E-state index in [0.29, 0.717) is 16.6 Å². The molecular weight excluding hydrogens is 425 g/mol. The lowest BCUT2D eigenvalue weighted by atomic mass is 10.2. The van der Waals surface area contributed by atoms with E-state index in [1.165, 1.54) is 29.8 Å². The minimum absolute atomic E-state index is 0.197. The van der Waals surface area contributed by atoms with Gasteiger partial charge in [-0.2, -0.15) is 0 Å². The molecule has 2 heterocycles. The normalized spacial score (nSPS) is 10.5. The number of aromatic nitrogens is 2. The molecule has 4 aromatic rings. The highest BCUT2D eigenvalue weighted by atomic mass is 35.5. The van der Waals surface area contributed by atoms with Gasteiger partial charge in [-0.25, -0.2) is 14.4 Å². The summed E-state index contributed by atoms with van der Waals surface area (Å²) >= 11 is 7.80. The summed E-state index contributed by atoms with van der Waals surface area (Å²) in [4.78, 5) is 9.37. The van der Waals surface area contributed by atoms with Crippen molar-refractivity contribution in [3.63, 3.8) is 0 Å². The van der Waals surface area contributed by atoms with Gasteiger partial charge in [-0.05, 0) is 42.0 Å². The second-order valence-electron chi connectivity index (χ2n) is 6.20. The minimum Gasteiger partial charge on any atom is -0.487 e. The molecule has 0 aliphatic heterocycles. The Morgan fingerprint density at radius 1 is 1.17 bits per heavy atom. The molecule has 2 N–H and O–H groups in total. The van der Waals surface area contributed by atoms with Crippen molar-refractivity contribution in [2.45, 2.75) is 6.61 Å². The molecule has 0 aliphatic rings. The smallest absolute Gasteiger partial charge is 0.151 e. The predicted octanol–water partition coefficient (Wildman–Crippen LogP) is 5.15. The molecule has 4 rings (SSSR count). The van der Waals surface area contributed by atoms with Crippen LogP contribution in [0.3, 0.4) is 0 Å². The molecule has 0 fully saturated rings. The first-order valence-corrected chi connectivity index (χ1v) is 10.1. The first-order chi connectivity index (χ1) is 14.6. The van der Waals surface area contributed by atoms with Crippen LogP contribution in [0.1, 0.15) is 10.4 Å². The Bertz CT molecular complexity index is 1270. The molecule has 0 spiro atoms. The van der Waals surface area contributed by atoms with Gasteiger partial charge in [-0.15, -0.1) is 11.3 Å². The minimum atomic E-state index is -0.308. The van der Waals surface area contributed by atoms with Crippen LogP contribution in [-0.2, 0) is 6.61 Å². The highest BCUT2D eigenvalue weighted by molar-refractivity contribution is 7.20. The van der Waals surface area contributed by atoms with Gasteiger partial charge in [0.1, 0.15) is 31.1 Å². The molecule has 0 bridgehead atoms. The first kappa shape index (κ1) is 20.1. The molecular formula is C22H15ClFN3O2S. The van der Waals surface area contributed by atoms with Crippen LogP contribution in [0.15, 0.2) is 54.9 Å². The zero-order valence-corrected chi connectivity index (χ0v) is 17.1. The maximum absolute atomic E-state index is 13.3. The van der Waals surface area contributed by atoms with E-state index in [2.05, 4.69) is 27.1 Å². The van der Waals surface area contributed by atoms with E-state index in [-0.39, 0.29) is 19.0 Å². The van der Waals surface area contributed by atoms with Gasteiger partial charge >= 0.3 is 0 Å². The second-order valence-corrected chi connectivity index (χ2v) is 7.66. The third-order valence-electron chi connectivity index (χ3n) is 4.08. The van der Waals surface area contributed by atoms with E-state index in [9.17, 15) is 4.39 Å². The number of hydrogen-bond donors (Lipinski definition) is 2. The number of fused-ring (bicyclic) bond motifs is 1. The van der Waals surface area contributed by atoms with Crippen molar-refractivity contribution in [1.82, 2.24) is 9.97 Å². The van der Waals surface area contributed by atoms with Crippen molar-refractivity contribution in [1.29, 1.82) is 0 Å². The van der Waals surface area contributed by atoms with E-state index < -0.39 is 0 Å². The average molecular weight is 440 g/mol. The van der Waals surface area contributed by atoms with Crippen LogP contribution in [0.4, 0.5) is 15.9 Å². The molecule has 5 nitrogen and oxygen atoms in total. The van der Waals surface area contributed by atoms with E-state index in [1.54, 1.807) is 24.3 Å². The summed E-state index contributed by atoms with van der Waals surface area (Å²) in [5.74, 6) is 6.33. The summed E-state index contributed by atoms with van der Waals surface area (Å²) < 4.78 is 19.8. The van der Waals surface area contributed by atoms with Gasteiger partial charge in [0.25, 0.3) is 0 Å². The zero-order chi connectivity index (χ0) is 20.9. The van der Waals surface area contributed by atoms with Crippen molar-refractivity contribution >= 4 is 44.7 Å². The number of halogens is 2. The van der Waals surface area contributed by atoms with Crippen LogP contribution in [0.2, 0.25) is 5.02 Å². The van der Waals surface area contributed by atoms with Gasteiger partial charge in [0.05, 0.1) is 20.1 Å². The van der Waals surface area contributed by atoms with Gasteiger partial charge in [0, 0.05) is 5.69 Å². The van der Waals surface area contributed by atoms with E-state index in [0.717, 1.165) is 26.3 Å². The fraction of sp³-hybridized carbons (Fsp3) is 0.0909. The Morgan fingerprint density at radius 3 is 2.87 bits per heavy atom. The topological polar surface area (TPSA) is 67.3 Å². The number of hydrogen-bond acceptors (Lipinski definition) is 6. The number of aliphatic hydroxyl groups excluding tert-OH is 1. The van der Waals surface area contributed by atoms with Gasteiger partial charge in [-0.1, -0.05) is 35.6 Å². The third kappa shape index (κ3) is 4.69. The molecule has 8 heteroatoms. The van der Waals surface area contributed by atoms with Gasteiger partial charge in [0.15, 0.2) is 5.82 Å². The van der Waals surface area contributed by atoms with Crippen LogP contribution >= 0.6 is 22.9 Å². The highest BCUT2D eigenvalue weighted by Crippen LogP contribution is 2.33. The summed E-state index contributed by atoms with van der Waals surface area (Å²) in [6.45, 7) is 0.0147. The number of thiophene rings is 1. The third-order valence-corrected chi connectivity index (χ3v) is 5.42. The highest BCUT2D eigenvalue weighted by Gasteiger charge is 2.10. The Hall–Kier alpha value is -3.18. The van der Waals surface area contributed by atoms with Crippen LogP contribution in [0.5, 0.6) is 5.75 Å². The van der Waals surface area contributed by atoms with Crippen LogP contribution in [-0.4, -0.2) is 21.7 Å². The monoisotopic (exact) mass is 439 g/mol. The van der Waals surface area contributed by atoms with E-state index in [4.69, 9.17) is 21.4 Å². The van der Waals surface area contributed by atoms with Gasteiger partial charge < -0.3 is 15.2 Å². The average Bonchev–Trinajstić information content (AvgIpc) is 3.16. The largest absolute Gasteiger partial charge is 0.487 e. The lowest BCUT2D eigenvalue weighted by molar-refractivity contribution is 0.306. The number of aliphatic hydroxyl groups is 1. The SMILES string of the molecule is OCC#Cc1cc2ncnc(Nc3ccc(OCc4cccc(F)c4)c(Cl)c3)c2s1. The fourth-order valence-electron chi connectivity index (χ4n) is 2.75. The van der Waals surface area contributed by atoms with Crippen molar-refractivity contribution in [2.75, 3.05) is 11.9 Å². The molecule has 0 atom stereocenters. The number of benzene rings is 2. The van der Waals surface area contributed by atoms with Crippen molar-refractivity contribution in [3.05, 3.63) is 76.1 Å². The fourth-order valence-corrected chi connectivity index (χ4v) is 3.92. The van der Waals surface area contributed by atoms with Crippen molar-refractivity contribution < 1.29 is 14.2 Å². The Morgan fingerprint density at radius 2 is 2.07 bits per heavy atom. The number of ether oxygens (including phenoxy) is 1. The summed E-state index contributed by atoms with van der Waals surface area (Å²) in [7, 11) is 0. The number of nitrogens with one attached hydrogen (secondary N) is 1. The number of nitrogens with zero attached hydrogens (tertiary/aromatic N) is 2. The van der Waals surface area contributed by atoms with Gasteiger partial charge in [-0.3, -0.25) is 0 Å². The van der Waals surface area contributed by atoms with Crippen molar-refractivity contribution in [3.8, 4) is 17.6 Å². The van der Waals surface area contributed by atoms with Gasteiger partial charge in [0.2, 0.25) is 0 Å². The molecule has 0 saturated carbocycles. The molecule has 0 saturated heterocycles. The summed E-state index contributed by atoms with van der Waals surface area (Å²) in [5.41, 5.74) is 2.21. The van der Waals surface area contributed by atoms with E-state index >= 15 is 0 Å². The first-order valence-electron chi connectivity index (χ1n) is 8.90. The van der Waals surface area contributed by atoms with E-state index in [1.807, 2.05) is 12.1 Å². The summed E-state index contributed by atoms with van der Waals surface area (Å²) in [6.07, 6.45) is 1.47. The van der Waals surface area contributed by atoms with Crippen LogP contribution in [0.25, 0.3) is 10.2 Å². The zero-order valence-electron chi connectivity index (χ0n) is 15.5. The lowest BCUT2D eigenvalue weighted by Gasteiger charge is -2.11. The maximum atomic E-state index is 13.3. The lowest BCUT2D eigenvalue weighted by Crippen LogP contribution is -1.98. The Kier molecular flexibility index (Phi) is 6.10. The van der Waals surface area contributed by atoms with Crippen molar-refractivity contribution in [2.24, 2.45) is 0 Å². The molecule has 0 aliphatic carbocycles. The standard InChI is InChI=1S/C22H15ClFN3O2S/c23-18-10-16(6-7-20(18)29-12-14-3-1-4-15(24)9-14)27-22-21-19(25-13-26-22)11-17(30-21)5-2-8-28/h1,3-4,6-7,9-11,13,28H,8,12H2,(H,25,26,27).